The van der Waals surface area contributed by atoms with Crippen molar-refractivity contribution in [1.82, 2.24) is 20.9 Å². The van der Waals surface area contributed by atoms with Crippen LogP contribution >= 0.6 is 0 Å². The summed E-state index contributed by atoms with van der Waals surface area (Å²) in [7, 11) is 3.34. The van der Waals surface area contributed by atoms with E-state index < -0.39 is 0 Å². The van der Waals surface area contributed by atoms with Gasteiger partial charge in [0.2, 0.25) is 5.91 Å². The number of likely N-dealkylation sites (tertiary alicyclic amines) is 1. The van der Waals surface area contributed by atoms with Crippen molar-refractivity contribution >= 4 is 11.9 Å². The van der Waals surface area contributed by atoms with E-state index in [1.165, 1.54) is 5.56 Å². The van der Waals surface area contributed by atoms with E-state index in [0.29, 0.717) is 19.1 Å². The highest BCUT2D eigenvalue weighted by atomic mass is 16.5. The molecular weight excluding hydrogens is 394 g/mol. The number of benzene rings is 1. The van der Waals surface area contributed by atoms with Crippen LogP contribution in [0.4, 0.5) is 0 Å². The molecular formula is C23H39N5O3. The summed E-state index contributed by atoms with van der Waals surface area (Å²) in [5.41, 5.74) is 0.791. The average molecular weight is 434 g/mol. The molecule has 0 aromatic heterocycles. The first-order valence-corrected chi connectivity index (χ1v) is 11.0. The van der Waals surface area contributed by atoms with Crippen molar-refractivity contribution in [3.8, 4) is 11.5 Å². The Hall–Kier alpha value is -2.48. The second-order valence-corrected chi connectivity index (χ2v) is 8.85. The van der Waals surface area contributed by atoms with Gasteiger partial charge in [-0.3, -0.25) is 14.7 Å². The zero-order chi connectivity index (χ0) is 22.9. The lowest BCUT2D eigenvalue weighted by atomic mass is 9.96. The number of hydrogen-bond donors (Lipinski definition) is 3. The zero-order valence-electron chi connectivity index (χ0n) is 19.9. The van der Waals surface area contributed by atoms with E-state index in [4.69, 9.17) is 9.47 Å². The summed E-state index contributed by atoms with van der Waals surface area (Å²) in [6.45, 7) is 12.4. The van der Waals surface area contributed by atoms with Crippen molar-refractivity contribution in [3.05, 3.63) is 23.8 Å². The quantitative estimate of drug-likeness (QED) is 0.314. The van der Waals surface area contributed by atoms with Crippen molar-refractivity contribution in [3.63, 3.8) is 0 Å². The maximum absolute atomic E-state index is 12.0. The second kappa shape index (κ2) is 11.8. The Morgan fingerprint density at radius 3 is 2.42 bits per heavy atom. The minimum Gasteiger partial charge on any atom is -0.497 e. The predicted molar refractivity (Wildman–Crippen MR) is 125 cm³/mol. The number of nitrogens with zero attached hydrogens (tertiary/aromatic N) is 2. The van der Waals surface area contributed by atoms with Gasteiger partial charge in [-0.2, -0.15) is 0 Å². The number of ether oxygens (including phenoxy) is 2. The molecule has 2 rings (SSSR count). The summed E-state index contributed by atoms with van der Waals surface area (Å²) in [6, 6.07) is 6.33. The van der Waals surface area contributed by atoms with E-state index >= 15 is 0 Å². The van der Waals surface area contributed by atoms with Gasteiger partial charge in [-0.1, -0.05) is 20.8 Å². The van der Waals surface area contributed by atoms with Gasteiger partial charge in [-0.05, 0) is 31.0 Å². The molecule has 0 bridgehead atoms. The number of amides is 1. The maximum Gasteiger partial charge on any atom is 0.225 e. The predicted octanol–water partition coefficient (Wildman–Crippen LogP) is 2.00. The number of aliphatic imine (C=N–C) groups is 1. The Labute approximate surface area is 186 Å². The Kier molecular flexibility index (Phi) is 9.43. The van der Waals surface area contributed by atoms with Gasteiger partial charge in [0.15, 0.2) is 5.96 Å². The summed E-state index contributed by atoms with van der Waals surface area (Å²) < 4.78 is 10.8. The molecule has 1 fully saturated rings. The Balaban J connectivity index is 1.86. The number of carbonyl (C=O) groups excluding carboxylic acids is 1. The van der Waals surface area contributed by atoms with Gasteiger partial charge in [0, 0.05) is 50.2 Å². The maximum atomic E-state index is 12.0. The normalized spacial score (nSPS) is 17.4. The number of methoxy groups -OCH3 is 2. The van der Waals surface area contributed by atoms with Crippen LogP contribution in [0.5, 0.6) is 11.5 Å². The van der Waals surface area contributed by atoms with Crippen LogP contribution in [0.25, 0.3) is 0 Å². The molecule has 1 aromatic rings. The zero-order valence-corrected chi connectivity index (χ0v) is 19.9. The minimum absolute atomic E-state index is 0.0428. The van der Waals surface area contributed by atoms with Gasteiger partial charge in [-0.25, -0.2) is 0 Å². The molecule has 31 heavy (non-hydrogen) atoms. The molecule has 1 atom stereocenters. The van der Waals surface area contributed by atoms with Gasteiger partial charge in [0.25, 0.3) is 0 Å². The first-order valence-electron chi connectivity index (χ1n) is 11.0. The van der Waals surface area contributed by atoms with E-state index in [-0.39, 0.29) is 11.3 Å². The van der Waals surface area contributed by atoms with E-state index in [1.54, 1.807) is 14.2 Å². The fourth-order valence-electron chi connectivity index (χ4n) is 3.43. The van der Waals surface area contributed by atoms with Crippen LogP contribution in [0.1, 0.15) is 39.7 Å². The number of hydrogen-bond acceptors (Lipinski definition) is 5. The highest BCUT2D eigenvalue weighted by Gasteiger charge is 2.24. The molecule has 0 radical (unpaired) electrons. The van der Waals surface area contributed by atoms with E-state index in [2.05, 4.69) is 44.9 Å². The molecule has 1 aromatic carbocycles. The molecule has 1 amide bonds. The largest absolute Gasteiger partial charge is 0.497 e. The summed E-state index contributed by atoms with van der Waals surface area (Å²) in [6.07, 6.45) is 1.05. The summed E-state index contributed by atoms with van der Waals surface area (Å²) in [5, 5.41) is 9.76. The van der Waals surface area contributed by atoms with Crippen LogP contribution in [0.3, 0.4) is 0 Å². The summed E-state index contributed by atoms with van der Waals surface area (Å²) >= 11 is 0. The highest BCUT2D eigenvalue weighted by Crippen LogP contribution is 2.24. The van der Waals surface area contributed by atoms with Gasteiger partial charge in [0.05, 0.1) is 20.8 Å². The van der Waals surface area contributed by atoms with E-state index in [1.807, 2.05) is 26.8 Å². The monoisotopic (exact) mass is 433 g/mol. The molecule has 8 heteroatoms. The first-order chi connectivity index (χ1) is 14.7. The third kappa shape index (κ3) is 8.28. The van der Waals surface area contributed by atoms with Gasteiger partial charge in [-0.15, -0.1) is 0 Å². The third-order valence-electron chi connectivity index (χ3n) is 5.12. The lowest BCUT2D eigenvalue weighted by Crippen LogP contribution is -2.45. The smallest absolute Gasteiger partial charge is 0.225 e. The third-order valence-corrected chi connectivity index (χ3v) is 5.12. The molecule has 0 saturated carbocycles. The fourth-order valence-corrected chi connectivity index (χ4v) is 3.43. The Morgan fingerprint density at radius 2 is 1.84 bits per heavy atom. The van der Waals surface area contributed by atoms with Crippen LogP contribution < -0.4 is 25.4 Å². The lowest BCUT2D eigenvalue weighted by Gasteiger charge is -2.20. The Bertz CT molecular complexity index is 723. The van der Waals surface area contributed by atoms with Crippen LogP contribution in [-0.4, -0.2) is 69.8 Å². The van der Waals surface area contributed by atoms with Crippen molar-refractivity contribution in [1.29, 1.82) is 0 Å². The fraction of sp³-hybridized carbons (Fsp3) is 0.652. The molecule has 0 aliphatic carbocycles. The SMILES string of the molecule is CCNC(=NCCNC(=O)C(C)(C)C)NC1CCN(Cc2cc(OC)cc(OC)c2)C1. The molecule has 0 spiro atoms. The standard InChI is InChI=1S/C23H39N5O3/c1-7-24-22(26-10-9-25-21(29)23(2,3)4)27-18-8-11-28(16-18)15-17-12-19(30-5)14-20(13-17)31-6/h12-14,18H,7-11,15-16H2,1-6H3,(H,25,29)(H2,24,26,27). The van der Waals surface area contributed by atoms with Crippen molar-refractivity contribution in [2.24, 2.45) is 10.4 Å². The number of rotatable bonds is 9. The minimum atomic E-state index is -0.382. The Morgan fingerprint density at radius 1 is 1.16 bits per heavy atom. The molecule has 8 nitrogen and oxygen atoms in total. The van der Waals surface area contributed by atoms with Gasteiger partial charge < -0.3 is 25.4 Å². The molecule has 1 unspecified atom stereocenters. The molecule has 1 saturated heterocycles. The van der Waals surface area contributed by atoms with Crippen LogP contribution in [0.2, 0.25) is 0 Å². The molecule has 1 aliphatic heterocycles. The topological polar surface area (TPSA) is 87.2 Å². The molecule has 3 N–H and O–H groups in total. The van der Waals surface area contributed by atoms with Crippen molar-refractivity contribution < 1.29 is 14.3 Å². The highest BCUT2D eigenvalue weighted by molar-refractivity contribution is 5.81. The van der Waals surface area contributed by atoms with Crippen LogP contribution in [0.15, 0.2) is 23.2 Å². The van der Waals surface area contributed by atoms with E-state index in [0.717, 1.165) is 50.1 Å². The van der Waals surface area contributed by atoms with Gasteiger partial charge in [0.1, 0.15) is 11.5 Å². The van der Waals surface area contributed by atoms with Gasteiger partial charge >= 0.3 is 0 Å². The van der Waals surface area contributed by atoms with Crippen molar-refractivity contribution in [2.75, 3.05) is 46.9 Å². The number of carbonyl (C=O) groups is 1. The molecule has 1 heterocycles. The van der Waals surface area contributed by atoms with Crippen molar-refractivity contribution in [2.45, 2.75) is 46.7 Å². The lowest BCUT2D eigenvalue weighted by molar-refractivity contribution is -0.128. The second-order valence-electron chi connectivity index (χ2n) is 8.85. The number of nitrogens with one attached hydrogen (secondary N) is 3. The van der Waals surface area contributed by atoms with E-state index in [9.17, 15) is 4.79 Å². The summed E-state index contributed by atoms with van der Waals surface area (Å²) in [5.74, 6) is 2.45. The van der Waals surface area contributed by atoms with Crippen LogP contribution in [0, 0.1) is 5.41 Å². The molecule has 1 aliphatic rings. The first kappa shape index (κ1) is 24.8. The van der Waals surface area contributed by atoms with Crippen LogP contribution in [-0.2, 0) is 11.3 Å². The number of guanidine groups is 1. The summed E-state index contributed by atoms with van der Waals surface area (Å²) in [4.78, 5) is 19.0. The average Bonchev–Trinajstić information content (AvgIpc) is 3.16. The molecule has 174 valence electrons.